The molecule has 0 saturated carbocycles. The highest BCUT2D eigenvalue weighted by atomic mass is 32.1. The van der Waals surface area contributed by atoms with Crippen molar-refractivity contribution in [3.63, 3.8) is 0 Å². The number of hydrogen-bond acceptors (Lipinski definition) is 4. The van der Waals surface area contributed by atoms with Crippen molar-refractivity contribution in [2.45, 2.75) is 18.9 Å². The van der Waals surface area contributed by atoms with Crippen LogP contribution in [0.25, 0.3) is 10.2 Å². The predicted molar refractivity (Wildman–Crippen MR) is 76.2 cm³/mol. The Morgan fingerprint density at radius 2 is 2.16 bits per heavy atom. The molecule has 3 aliphatic rings. The standard InChI is InChI=1S/C14H16FN3S/c15-10-1-2-13-11(7-10)16-14(19-13)17-12-8-18-5-3-9(12)4-6-18/h1-2,7,9,12H,3-6,8H2,(H,16,17). The van der Waals surface area contributed by atoms with Crippen LogP contribution in [0.3, 0.4) is 0 Å². The lowest BCUT2D eigenvalue weighted by atomic mass is 9.84. The molecule has 2 aromatic rings. The molecule has 100 valence electrons. The van der Waals surface area contributed by atoms with Crippen LogP contribution in [0.5, 0.6) is 0 Å². The van der Waals surface area contributed by atoms with Gasteiger partial charge >= 0.3 is 0 Å². The van der Waals surface area contributed by atoms with Crippen LogP contribution >= 0.6 is 11.3 Å². The van der Waals surface area contributed by atoms with E-state index in [1.165, 1.54) is 38.1 Å². The molecule has 1 aromatic heterocycles. The molecule has 5 heteroatoms. The van der Waals surface area contributed by atoms with Crippen LogP contribution in [0.15, 0.2) is 18.2 Å². The van der Waals surface area contributed by atoms with E-state index in [1.807, 2.05) is 6.07 Å². The molecule has 3 nitrogen and oxygen atoms in total. The zero-order chi connectivity index (χ0) is 12.8. The normalized spacial score (nSPS) is 29.8. The predicted octanol–water partition coefficient (Wildman–Crippen LogP) is 2.94. The highest BCUT2D eigenvalue weighted by Crippen LogP contribution is 2.32. The maximum atomic E-state index is 13.2. The second-order valence-corrected chi connectivity index (χ2v) is 6.55. The van der Waals surface area contributed by atoms with Crippen molar-refractivity contribution >= 4 is 26.7 Å². The van der Waals surface area contributed by atoms with Gasteiger partial charge in [-0.1, -0.05) is 11.3 Å². The molecule has 19 heavy (non-hydrogen) atoms. The molecule has 4 heterocycles. The van der Waals surface area contributed by atoms with Crippen molar-refractivity contribution in [3.05, 3.63) is 24.0 Å². The fourth-order valence-electron chi connectivity index (χ4n) is 3.25. The first-order valence-corrected chi connectivity index (χ1v) is 7.64. The van der Waals surface area contributed by atoms with E-state index in [1.54, 1.807) is 11.3 Å². The molecule has 1 unspecified atom stereocenters. The van der Waals surface area contributed by atoms with E-state index in [4.69, 9.17) is 0 Å². The molecule has 5 rings (SSSR count). The Labute approximate surface area is 115 Å². The number of piperidine rings is 3. The Morgan fingerprint density at radius 1 is 1.32 bits per heavy atom. The third-order valence-corrected chi connectivity index (χ3v) is 5.28. The number of rotatable bonds is 2. The molecule has 2 bridgehead atoms. The Kier molecular flexibility index (Phi) is 2.70. The van der Waals surface area contributed by atoms with Gasteiger partial charge in [-0.05, 0) is 44.0 Å². The molecule has 0 amide bonds. The number of benzene rings is 1. The van der Waals surface area contributed by atoms with Gasteiger partial charge in [-0.15, -0.1) is 0 Å². The first-order chi connectivity index (χ1) is 9.28. The summed E-state index contributed by atoms with van der Waals surface area (Å²) in [6, 6.07) is 5.32. The van der Waals surface area contributed by atoms with E-state index in [0.29, 0.717) is 6.04 Å². The van der Waals surface area contributed by atoms with Crippen molar-refractivity contribution in [2.75, 3.05) is 25.0 Å². The van der Waals surface area contributed by atoms with Gasteiger partial charge in [0.2, 0.25) is 0 Å². The number of nitrogens with zero attached hydrogens (tertiary/aromatic N) is 2. The molecule has 1 atom stereocenters. The van der Waals surface area contributed by atoms with E-state index in [-0.39, 0.29) is 5.82 Å². The monoisotopic (exact) mass is 277 g/mol. The minimum atomic E-state index is -0.216. The lowest BCUT2D eigenvalue weighted by molar-refractivity contribution is 0.0975. The van der Waals surface area contributed by atoms with Gasteiger partial charge < -0.3 is 10.2 Å². The van der Waals surface area contributed by atoms with Crippen molar-refractivity contribution in [2.24, 2.45) is 5.92 Å². The van der Waals surface area contributed by atoms with E-state index in [0.717, 1.165) is 27.8 Å². The van der Waals surface area contributed by atoms with Gasteiger partial charge in [0.15, 0.2) is 5.13 Å². The summed E-state index contributed by atoms with van der Waals surface area (Å²) in [7, 11) is 0. The van der Waals surface area contributed by atoms with E-state index < -0.39 is 0 Å². The minimum Gasteiger partial charge on any atom is -0.357 e. The summed E-state index contributed by atoms with van der Waals surface area (Å²) < 4.78 is 14.2. The number of halogens is 1. The third-order valence-electron chi connectivity index (χ3n) is 4.31. The Morgan fingerprint density at radius 3 is 2.89 bits per heavy atom. The topological polar surface area (TPSA) is 28.2 Å². The first-order valence-electron chi connectivity index (χ1n) is 6.83. The molecule has 1 aromatic carbocycles. The van der Waals surface area contributed by atoms with Crippen molar-refractivity contribution in [3.8, 4) is 0 Å². The zero-order valence-corrected chi connectivity index (χ0v) is 11.4. The van der Waals surface area contributed by atoms with Crippen molar-refractivity contribution < 1.29 is 4.39 Å². The van der Waals surface area contributed by atoms with Gasteiger partial charge in [0.05, 0.1) is 10.2 Å². The fourth-order valence-corrected chi connectivity index (χ4v) is 4.16. The number of hydrogen-bond donors (Lipinski definition) is 1. The Hall–Kier alpha value is -1.20. The molecule has 3 fully saturated rings. The highest BCUT2D eigenvalue weighted by molar-refractivity contribution is 7.22. The minimum absolute atomic E-state index is 0.216. The summed E-state index contributed by atoms with van der Waals surface area (Å²) in [5, 5.41) is 4.49. The van der Waals surface area contributed by atoms with Crippen LogP contribution in [0.2, 0.25) is 0 Å². The second-order valence-electron chi connectivity index (χ2n) is 5.52. The van der Waals surface area contributed by atoms with Gasteiger partial charge in [0.1, 0.15) is 5.82 Å². The molecule has 0 spiro atoms. The lowest BCUT2D eigenvalue weighted by Gasteiger charge is -2.44. The van der Waals surface area contributed by atoms with Crippen LogP contribution in [-0.2, 0) is 0 Å². The van der Waals surface area contributed by atoms with Gasteiger partial charge in [0.25, 0.3) is 0 Å². The van der Waals surface area contributed by atoms with E-state index >= 15 is 0 Å². The number of anilines is 1. The summed E-state index contributed by atoms with van der Waals surface area (Å²) in [5.41, 5.74) is 0.758. The van der Waals surface area contributed by atoms with Gasteiger partial charge in [-0.25, -0.2) is 9.37 Å². The Bertz CT molecular complexity index is 604. The fraction of sp³-hybridized carbons (Fsp3) is 0.500. The van der Waals surface area contributed by atoms with Gasteiger partial charge in [-0.3, -0.25) is 0 Å². The number of nitrogens with one attached hydrogen (secondary N) is 1. The average molecular weight is 277 g/mol. The number of fused-ring (bicyclic) bond motifs is 4. The second kappa shape index (κ2) is 4.42. The lowest BCUT2D eigenvalue weighted by Crippen LogP contribution is -2.53. The molecular formula is C14H16FN3S. The smallest absolute Gasteiger partial charge is 0.184 e. The SMILES string of the molecule is Fc1ccc2sc(NC3CN4CCC3CC4)nc2c1. The van der Waals surface area contributed by atoms with Crippen molar-refractivity contribution in [1.82, 2.24) is 9.88 Å². The average Bonchev–Trinajstić information content (AvgIpc) is 2.81. The first kappa shape index (κ1) is 11.6. The molecule has 1 N–H and O–H groups in total. The molecule has 3 aliphatic heterocycles. The summed E-state index contributed by atoms with van der Waals surface area (Å²) in [6.45, 7) is 3.61. The van der Waals surface area contributed by atoms with Crippen LogP contribution in [-0.4, -0.2) is 35.6 Å². The van der Waals surface area contributed by atoms with Gasteiger partial charge in [0, 0.05) is 18.7 Å². The van der Waals surface area contributed by atoms with Crippen LogP contribution in [0, 0.1) is 11.7 Å². The third kappa shape index (κ3) is 2.11. The molecule has 0 radical (unpaired) electrons. The largest absolute Gasteiger partial charge is 0.357 e. The Balaban J connectivity index is 1.58. The highest BCUT2D eigenvalue weighted by Gasteiger charge is 2.34. The summed E-state index contributed by atoms with van der Waals surface area (Å²) in [6.07, 6.45) is 2.58. The van der Waals surface area contributed by atoms with Crippen LogP contribution in [0.4, 0.5) is 9.52 Å². The maximum Gasteiger partial charge on any atom is 0.184 e. The number of thiazole rings is 1. The molecular weight excluding hydrogens is 261 g/mol. The summed E-state index contributed by atoms with van der Waals surface area (Å²) in [4.78, 5) is 7.02. The number of aromatic nitrogens is 1. The summed E-state index contributed by atoms with van der Waals surface area (Å²) in [5.74, 6) is 0.556. The van der Waals surface area contributed by atoms with Gasteiger partial charge in [-0.2, -0.15) is 0 Å². The van der Waals surface area contributed by atoms with Crippen LogP contribution < -0.4 is 5.32 Å². The van der Waals surface area contributed by atoms with E-state index in [2.05, 4.69) is 15.2 Å². The van der Waals surface area contributed by atoms with E-state index in [9.17, 15) is 4.39 Å². The quantitative estimate of drug-likeness (QED) is 0.915. The zero-order valence-electron chi connectivity index (χ0n) is 10.6. The van der Waals surface area contributed by atoms with Crippen LogP contribution in [0.1, 0.15) is 12.8 Å². The van der Waals surface area contributed by atoms with Crippen molar-refractivity contribution in [1.29, 1.82) is 0 Å². The maximum absolute atomic E-state index is 13.2. The molecule has 3 saturated heterocycles. The molecule has 0 aliphatic carbocycles. The summed E-state index contributed by atoms with van der Waals surface area (Å²) >= 11 is 1.62.